The van der Waals surface area contributed by atoms with Crippen molar-refractivity contribution in [2.75, 3.05) is 6.61 Å². The fourth-order valence-electron chi connectivity index (χ4n) is 7.60. The van der Waals surface area contributed by atoms with E-state index >= 15 is 0 Å². The van der Waals surface area contributed by atoms with Crippen LogP contribution in [0.4, 0.5) is 0 Å². The lowest BCUT2D eigenvalue weighted by Crippen LogP contribution is -2.49. The second kappa shape index (κ2) is 7.72. The summed E-state index contributed by atoms with van der Waals surface area (Å²) < 4.78 is 5.07. The van der Waals surface area contributed by atoms with Gasteiger partial charge in [0.2, 0.25) is 0 Å². The first-order valence-electron chi connectivity index (χ1n) is 11.7. The number of aliphatic hydroxyl groups excluding tert-OH is 1. The third kappa shape index (κ3) is 3.44. The minimum Gasteiger partial charge on any atom is -0.463 e. The highest BCUT2D eigenvalue weighted by Gasteiger charge is 2.58. The van der Waals surface area contributed by atoms with Crippen LogP contribution in [-0.4, -0.2) is 23.8 Å². The molecule has 2 saturated carbocycles. The Labute approximate surface area is 176 Å². The minimum atomic E-state index is -0.268. The van der Waals surface area contributed by atoms with E-state index in [0.29, 0.717) is 35.7 Å². The summed E-state index contributed by atoms with van der Waals surface area (Å²) in [7, 11) is 0. The second-order valence-electron chi connectivity index (χ2n) is 10.5. The van der Waals surface area contributed by atoms with Crippen molar-refractivity contribution in [1.82, 2.24) is 0 Å². The Morgan fingerprint density at radius 3 is 2.79 bits per heavy atom. The Bertz CT molecular complexity index is 734. The topological polar surface area (TPSA) is 46.5 Å². The van der Waals surface area contributed by atoms with E-state index in [0.717, 1.165) is 18.8 Å². The molecule has 3 nitrogen and oxygen atoms in total. The van der Waals surface area contributed by atoms with Gasteiger partial charge in [0.1, 0.15) is 0 Å². The number of allylic oxidation sites excluding steroid dienone is 4. The molecule has 160 valence electrons. The summed E-state index contributed by atoms with van der Waals surface area (Å²) in [5.41, 5.74) is 1.95. The highest BCUT2D eigenvalue weighted by molar-refractivity contribution is 5.81. The molecule has 0 spiro atoms. The molecule has 0 aliphatic heterocycles. The summed E-state index contributed by atoms with van der Waals surface area (Å²) in [6, 6.07) is 0. The van der Waals surface area contributed by atoms with Crippen molar-refractivity contribution in [3.8, 4) is 0 Å². The molecular formula is C26H38O3. The Kier molecular flexibility index (Phi) is 5.57. The van der Waals surface area contributed by atoms with E-state index in [-0.39, 0.29) is 17.5 Å². The summed E-state index contributed by atoms with van der Waals surface area (Å²) in [5, 5.41) is 10.1. The normalized spacial score (nSPS) is 44.6. The van der Waals surface area contributed by atoms with Crippen molar-refractivity contribution < 1.29 is 14.6 Å². The molecule has 0 aromatic carbocycles. The Hall–Kier alpha value is -1.35. The second-order valence-corrected chi connectivity index (χ2v) is 10.5. The van der Waals surface area contributed by atoms with Gasteiger partial charge in [-0.05, 0) is 91.4 Å². The first kappa shape index (κ1) is 20.9. The first-order chi connectivity index (χ1) is 13.8. The lowest BCUT2D eigenvalue weighted by Gasteiger charge is -2.56. The number of rotatable bonds is 4. The van der Waals surface area contributed by atoms with Gasteiger partial charge in [-0.15, -0.1) is 0 Å². The van der Waals surface area contributed by atoms with Crippen LogP contribution >= 0.6 is 0 Å². The van der Waals surface area contributed by atoms with Crippen LogP contribution in [0.25, 0.3) is 0 Å². The van der Waals surface area contributed by atoms with Crippen LogP contribution < -0.4 is 0 Å². The molecule has 2 fully saturated rings. The number of carbonyl (C=O) groups excluding carboxylic acids is 1. The minimum absolute atomic E-state index is 0.218. The third-order valence-electron chi connectivity index (χ3n) is 9.17. The molecule has 4 rings (SSSR count). The molecule has 4 unspecified atom stereocenters. The van der Waals surface area contributed by atoms with Gasteiger partial charge in [-0.2, -0.15) is 0 Å². The van der Waals surface area contributed by atoms with Crippen LogP contribution in [0.1, 0.15) is 66.2 Å². The van der Waals surface area contributed by atoms with Gasteiger partial charge in [0.05, 0.1) is 12.7 Å². The smallest absolute Gasteiger partial charge is 0.330 e. The van der Waals surface area contributed by atoms with Gasteiger partial charge in [-0.1, -0.05) is 45.1 Å². The van der Waals surface area contributed by atoms with Crippen LogP contribution in [0.5, 0.6) is 0 Å². The van der Waals surface area contributed by atoms with Gasteiger partial charge < -0.3 is 9.84 Å². The molecule has 4 aliphatic rings. The van der Waals surface area contributed by atoms with Crippen molar-refractivity contribution >= 4 is 5.97 Å². The summed E-state index contributed by atoms with van der Waals surface area (Å²) in [5.74, 6) is 2.89. The molecule has 29 heavy (non-hydrogen) atoms. The molecule has 0 aromatic heterocycles. The summed E-state index contributed by atoms with van der Waals surface area (Å²) >= 11 is 0. The molecule has 0 amide bonds. The predicted molar refractivity (Wildman–Crippen MR) is 116 cm³/mol. The van der Waals surface area contributed by atoms with Crippen LogP contribution in [0.2, 0.25) is 0 Å². The largest absolute Gasteiger partial charge is 0.463 e. The fourth-order valence-corrected chi connectivity index (χ4v) is 7.60. The maximum absolute atomic E-state index is 11.8. The molecule has 0 heterocycles. The molecule has 0 aromatic rings. The van der Waals surface area contributed by atoms with E-state index in [2.05, 4.69) is 45.1 Å². The zero-order valence-electron chi connectivity index (χ0n) is 18.6. The molecule has 8 atom stereocenters. The number of esters is 1. The van der Waals surface area contributed by atoms with Gasteiger partial charge in [0.15, 0.2) is 0 Å². The van der Waals surface area contributed by atoms with Crippen molar-refractivity contribution in [3.63, 3.8) is 0 Å². The monoisotopic (exact) mass is 398 g/mol. The maximum Gasteiger partial charge on any atom is 0.330 e. The number of ether oxygens (including phenoxy) is 1. The zero-order chi connectivity index (χ0) is 20.8. The number of hydrogen-bond donors (Lipinski definition) is 1. The van der Waals surface area contributed by atoms with Gasteiger partial charge in [0.25, 0.3) is 0 Å². The molecular weight excluding hydrogens is 360 g/mol. The summed E-state index contributed by atoms with van der Waals surface area (Å²) in [6.07, 6.45) is 17.5. The van der Waals surface area contributed by atoms with E-state index in [1.165, 1.54) is 31.3 Å². The SMILES string of the molecule is CCOC(=O)/C=C/[C@@H](C)[C@H]1CCC2C3C=CC4=CC(O)CC[C@]4(C)C3CC[C@@]21C. The molecule has 4 aliphatic carbocycles. The molecule has 0 radical (unpaired) electrons. The first-order valence-corrected chi connectivity index (χ1v) is 11.7. The van der Waals surface area contributed by atoms with Crippen molar-refractivity contribution in [2.24, 2.45) is 40.4 Å². The van der Waals surface area contributed by atoms with E-state index in [4.69, 9.17) is 4.74 Å². The lowest BCUT2D eigenvalue weighted by atomic mass is 9.48. The van der Waals surface area contributed by atoms with Crippen molar-refractivity contribution in [1.29, 1.82) is 0 Å². The quantitative estimate of drug-likeness (QED) is 0.505. The average Bonchev–Trinajstić information content (AvgIpc) is 3.04. The Balaban J connectivity index is 1.55. The highest BCUT2D eigenvalue weighted by Crippen LogP contribution is 2.66. The molecule has 0 saturated heterocycles. The lowest BCUT2D eigenvalue weighted by molar-refractivity contribution is -0.137. The zero-order valence-corrected chi connectivity index (χ0v) is 18.6. The van der Waals surface area contributed by atoms with Gasteiger partial charge >= 0.3 is 5.97 Å². The number of hydrogen-bond acceptors (Lipinski definition) is 3. The van der Waals surface area contributed by atoms with E-state index in [1.54, 1.807) is 6.08 Å². The van der Waals surface area contributed by atoms with E-state index in [1.807, 2.05) is 6.92 Å². The Morgan fingerprint density at radius 1 is 1.24 bits per heavy atom. The molecule has 0 bridgehead atoms. The van der Waals surface area contributed by atoms with Crippen LogP contribution in [0.3, 0.4) is 0 Å². The summed E-state index contributed by atoms with van der Waals surface area (Å²) in [4.78, 5) is 11.8. The fraction of sp³-hybridized carbons (Fsp3) is 0.731. The van der Waals surface area contributed by atoms with E-state index < -0.39 is 0 Å². The van der Waals surface area contributed by atoms with Crippen LogP contribution in [0, 0.1) is 40.4 Å². The van der Waals surface area contributed by atoms with Crippen LogP contribution in [0.15, 0.2) is 36.0 Å². The van der Waals surface area contributed by atoms with E-state index in [9.17, 15) is 9.90 Å². The standard InChI is InChI=1S/C26H38O3/c1-5-29-24(28)11-6-17(2)21-9-10-22-20-8-7-18-16-19(27)12-14-25(18,3)23(20)13-15-26(21,22)4/h6-8,11,16-17,19-23,27H,5,9-10,12-15H2,1-4H3/b11-6+/t17-,19?,20?,21-,22?,23?,25+,26-/m1/s1. The number of aliphatic hydroxyl groups is 1. The molecule has 3 heteroatoms. The number of carbonyl (C=O) groups is 1. The van der Waals surface area contributed by atoms with Crippen molar-refractivity contribution in [3.05, 3.63) is 36.0 Å². The average molecular weight is 399 g/mol. The predicted octanol–water partition coefficient (Wildman–Crippen LogP) is 5.46. The highest BCUT2D eigenvalue weighted by atomic mass is 16.5. The van der Waals surface area contributed by atoms with Gasteiger partial charge in [-0.3, -0.25) is 0 Å². The van der Waals surface area contributed by atoms with Crippen LogP contribution in [-0.2, 0) is 9.53 Å². The summed E-state index contributed by atoms with van der Waals surface area (Å²) in [6.45, 7) is 9.53. The Morgan fingerprint density at radius 2 is 2.03 bits per heavy atom. The van der Waals surface area contributed by atoms with Crippen molar-refractivity contribution in [2.45, 2.75) is 72.3 Å². The maximum atomic E-state index is 11.8. The third-order valence-corrected chi connectivity index (χ3v) is 9.17. The van der Waals surface area contributed by atoms with Gasteiger partial charge in [-0.25, -0.2) is 4.79 Å². The number of fused-ring (bicyclic) bond motifs is 5. The molecule has 1 N–H and O–H groups in total. The van der Waals surface area contributed by atoms with Gasteiger partial charge in [0, 0.05) is 6.08 Å².